The van der Waals surface area contributed by atoms with Gasteiger partial charge in [-0.05, 0) is 37.3 Å². The van der Waals surface area contributed by atoms with Crippen molar-refractivity contribution in [1.82, 2.24) is 4.98 Å². The second kappa shape index (κ2) is 5.91. The Labute approximate surface area is 119 Å². The lowest BCUT2D eigenvalue weighted by Crippen LogP contribution is -2.26. The number of carboxylic acid groups (broad SMARTS) is 1. The number of halogens is 3. The lowest BCUT2D eigenvalue weighted by molar-refractivity contribution is -0.141. The van der Waals surface area contributed by atoms with Crippen LogP contribution in [0.25, 0.3) is 0 Å². The van der Waals surface area contributed by atoms with E-state index in [9.17, 15) is 18.0 Å². The van der Waals surface area contributed by atoms with Gasteiger partial charge >= 0.3 is 12.1 Å². The van der Waals surface area contributed by atoms with E-state index in [1.54, 1.807) is 0 Å². The summed E-state index contributed by atoms with van der Waals surface area (Å²) < 4.78 is 43.5. The fourth-order valence-corrected chi connectivity index (χ4v) is 2.49. The molecule has 0 bridgehead atoms. The summed E-state index contributed by atoms with van der Waals surface area (Å²) in [6.07, 6.45) is -1.58. The van der Waals surface area contributed by atoms with E-state index >= 15 is 0 Å². The molecule has 0 radical (unpaired) electrons. The normalized spacial score (nSPS) is 22.9. The lowest BCUT2D eigenvalue weighted by atomic mass is 9.89. The number of pyridine rings is 1. The van der Waals surface area contributed by atoms with E-state index in [1.165, 1.54) is 0 Å². The van der Waals surface area contributed by atoms with Crippen molar-refractivity contribution in [1.29, 1.82) is 0 Å². The zero-order valence-electron chi connectivity index (χ0n) is 11.5. The van der Waals surface area contributed by atoms with Gasteiger partial charge in [-0.1, -0.05) is 13.3 Å². The highest BCUT2D eigenvalue weighted by Gasteiger charge is 2.34. The molecule has 2 rings (SSSR count). The first-order valence-corrected chi connectivity index (χ1v) is 6.75. The first-order valence-electron chi connectivity index (χ1n) is 6.75. The molecule has 116 valence electrons. The Hall–Kier alpha value is -1.79. The van der Waals surface area contributed by atoms with Crippen LogP contribution < -0.4 is 4.74 Å². The van der Waals surface area contributed by atoms with Gasteiger partial charge in [0.15, 0.2) is 0 Å². The molecule has 1 heterocycles. The van der Waals surface area contributed by atoms with Crippen molar-refractivity contribution in [3.8, 4) is 5.88 Å². The van der Waals surface area contributed by atoms with Gasteiger partial charge in [-0.25, -0.2) is 9.78 Å². The average molecular weight is 303 g/mol. The van der Waals surface area contributed by atoms with Gasteiger partial charge in [0.05, 0.1) is 0 Å². The number of alkyl halides is 3. The van der Waals surface area contributed by atoms with Gasteiger partial charge in [0.1, 0.15) is 17.4 Å². The highest BCUT2D eigenvalue weighted by Crippen LogP contribution is 2.32. The SMILES string of the molecule is CC1CCCC(Oc2nc(C(F)(F)F)ccc2C(=O)O)C1. The summed E-state index contributed by atoms with van der Waals surface area (Å²) >= 11 is 0. The predicted octanol–water partition coefficient (Wildman–Crippen LogP) is 3.76. The van der Waals surface area contributed by atoms with Crippen LogP contribution in [0, 0.1) is 5.92 Å². The minimum atomic E-state index is -4.63. The number of nitrogens with zero attached hydrogens (tertiary/aromatic N) is 1. The Morgan fingerprint density at radius 1 is 1.38 bits per heavy atom. The van der Waals surface area contributed by atoms with Gasteiger partial charge in [0.25, 0.3) is 0 Å². The molecule has 21 heavy (non-hydrogen) atoms. The standard InChI is InChI=1S/C14H16F3NO3/c1-8-3-2-4-9(7-8)21-12-10(13(19)20)5-6-11(18-12)14(15,16)17/h5-6,8-9H,2-4,7H2,1H3,(H,19,20). The third-order valence-corrected chi connectivity index (χ3v) is 3.55. The smallest absolute Gasteiger partial charge is 0.433 e. The second-order valence-corrected chi connectivity index (χ2v) is 5.36. The van der Waals surface area contributed by atoms with Gasteiger partial charge in [0.2, 0.25) is 5.88 Å². The van der Waals surface area contributed by atoms with Crippen LogP contribution in [0.15, 0.2) is 12.1 Å². The average Bonchev–Trinajstić information content (AvgIpc) is 2.37. The van der Waals surface area contributed by atoms with Crippen molar-refractivity contribution in [2.24, 2.45) is 5.92 Å². The van der Waals surface area contributed by atoms with E-state index in [4.69, 9.17) is 9.84 Å². The van der Waals surface area contributed by atoms with Gasteiger partial charge in [-0.15, -0.1) is 0 Å². The van der Waals surface area contributed by atoms with Crippen molar-refractivity contribution in [2.75, 3.05) is 0 Å². The first kappa shape index (κ1) is 15.6. The maximum absolute atomic E-state index is 12.7. The Morgan fingerprint density at radius 3 is 2.67 bits per heavy atom. The first-order chi connectivity index (χ1) is 9.77. The predicted molar refractivity (Wildman–Crippen MR) is 68.2 cm³/mol. The summed E-state index contributed by atoms with van der Waals surface area (Å²) in [6.45, 7) is 2.03. The van der Waals surface area contributed by atoms with Gasteiger partial charge < -0.3 is 9.84 Å². The molecule has 2 unspecified atom stereocenters. The van der Waals surface area contributed by atoms with E-state index < -0.39 is 23.7 Å². The number of aromatic nitrogens is 1. The third kappa shape index (κ3) is 3.86. The molecule has 0 amide bonds. The summed E-state index contributed by atoms with van der Waals surface area (Å²) in [7, 11) is 0. The topological polar surface area (TPSA) is 59.4 Å². The van der Waals surface area contributed by atoms with Crippen LogP contribution >= 0.6 is 0 Å². The van der Waals surface area contributed by atoms with Crippen LogP contribution in [0.4, 0.5) is 13.2 Å². The summed E-state index contributed by atoms with van der Waals surface area (Å²) in [5.74, 6) is -1.39. The number of hydrogen-bond donors (Lipinski definition) is 1. The Balaban J connectivity index is 2.28. The molecule has 0 aliphatic heterocycles. The minimum Gasteiger partial charge on any atom is -0.477 e. The van der Waals surface area contributed by atoms with Crippen LogP contribution in [-0.2, 0) is 6.18 Å². The molecule has 0 aromatic carbocycles. The van der Waals surface area contributed by atoms with Crippen molar-refractivity contribution in [3.05, 3.63) is 23.4 Å². The molecular formula is C14H16F3NO3. The van der Waals surface area contributed by atoms with E-state index in [1.807, 2.05) is 6.92 Å². The van der Waals surface area contributed by atoms with Crippen molar-refractivity contribution in [2.45, 2.75) is 44.9 Å². The highest BCUT2D eigenvalue weighted by atomic mass is 19.4. The molecule has 7 heteroatoms. The second-order valence-electron chi connectivity index (χ2n) is 5.36. The van der Waals surface area contributed by atoms with E-state index in [0.717, 1.165) is 18.9 Å². The minimum absolute atomic E-state index is 0.289. The third-order valence-electron chi connectivity index (χ3n) is 3.55. The quantitative estimate of drug-likeness (QED) is 0.923. The van der Waals surface area contributed by atoms with Crippen molar-refractivity contribution >= 4 is 5.97 Å². The fourth-order valence-electron chi connectivity index (χ4n) is 2.49. The van der Waals surface area contributed by atoms with E-state index in [2.05, 4.69) is 4.98 Å². The summed E-state index contributed by atoms with van der Waals surface area (Å²) in [5, 5.41) is 9.04. The Morgan fingerprint density at radius 2 is 2.10 bits per heavy atom. The van der Waals surface area contributed by atoms with Crippen LogP contribution in [0.5, 0.6) is 5.88 Å². The van der Waals surface area contributed by atoms with Crippen LogP contribution in [0.3, 0.4) is 0 Å². The maximum Gasteiger partial charge on any atom is 0.433 e. The molecule has 1 aromatic heterocycles. The number of carboxylic acids is 1. The zero-order valence-corrected chi connectivity index (χ0v) is 11.5. The van der Waals surface area contributed by atoms with Crippen LogP contribution in [0.1, 0.15) is 48.7 Å². The summed E-state index contributed by atoms with van der Waals surface area (Å²) in [4.78, 5) is 14.4. The van der Waals surface area contributed by atoms with Crippen molar-refractivity contribution in [3.63, 3.8) is 0 Å². The van der Waals surface area contributed by atoms with E-state index in [-0.39, 0.29) is 11.7 Å². The molecule has 1 aliphatic carbocycles. The molecule has 4 nitrogen and oxygen atoms in total. The molecule has 1 fully saturated rings. The Bertz CT molecular complexity index is 531. The highest BCUT2D eigenvalue weighted by molar-refractivity contribution is 5.90. The number of aromatic carboxylic acids is 1. The molecule has 1 N–H and O–H groups in total. The van der Waals surface area contributed by atoms with Gasteiger partial charge in [0, 0.05) is 0 Å². The number of ether oxygens (including phenoxy) is 1. The van der Waals surface area contributed by atoms with Gasteiger partial charge in [-0.2, -0.15) is 13.2 Å². The molecule has 2 atom stereocenters. The number of rotatable bonds is 3. The van der Waals surface area contributed by atoms with Crippen LogP contribution in [0.2, 0.25) is 0 Å². The number of carbonyl (C=O) groups is 1. The Kier molecular flexibility index (Phi) is 4.39. The van der Waals surface area contributed by atoms with Crippen LogP contribution in [-0.4, -0.2) is 22.2 Å². The molecule has 0 spiro atoms. The number of hydrogen-bond acceptors (Lipinski definition) is 3. The van der Waals surface area contributed by atoms with Gasteiger partial charge in [-0.3, -0.25) is 0 Å². The van der Waals surface area contributed by atoms with Crippen molar-refractivity contribution < 1.29 is 27.8 Å². The molecular weight excluding hydrogens is 287 g/mol. The molecule has 1 aromatic rings. The lowest BCUT2D eigenvalue weighted by Gasteiger charge is -2.27. The zero-order chi connectivity index (χ0) is 15.6. The molecule has 1 saturated carbocycles. The summed E-state index contributed by atoms with van der Waals surface area (Å²) in [6, 6.07) is 1.54. The fraction of sp³-hybridized carbons (Fsp3) is 0.571. The maximum atomic E-state index is 12.7. The monoisotopic (exact) mass is 303 g/mol. The largest absolute Gasteiger partial charge is 0.477 e. The molecule has 1 aliphatic rings. The molecule has 0 saturated heterocycles. The summed E-state index contributed by atoms with van der Waals surface area (Å²) in [5.41, 5.74) is -1.49. The van der Waals surface area contributed by atoms with E-state index in [0.29, 0.717) is 24.8 Å².